The van der Waals surface area contributed by atoms with E-state index in [2.05, 4.69) is 4.98 Å². The fraction of sp³-hybridized carbons (Fsp3) is 0.143. The number of rotatable bonds is 2. The Labute approximate surface area is 78.8 Å². The summed E-state index contributed by atoms with van der Waals surface area (Å²) < 4.78 is 1.97. The number of nitrogens with two attached hydrogens (primary N) is 1. The molecule has 12 heavy (non-hydrogen) atoms. The number of imidazole rings is 1. The highest BCUT2D eigenvalue weighted by atomic mass is 32.1. The van der Waals surface area contributed by atoms with E-state index < -0.39 is 0 Å². The summed E-state index contributed by atoms with van der Waals surface area (Å²) >= 11 is 6.39. The predicted octanol–water partition coefficient (Wildman–Crippen LogP) is 1.22. The van der Waals surface area contributed by atoms with Crippen LogP contribution in [0.2, 0.25) is 0 Å². The number of nitrogens with zero attached hydrogens (tertiary/aromatic N) is 2. The van der Waals surface area contributed by atoms with Crippen molar-refractivity contribution in [2.75, 3.05) is 0 Å². The van der Waals surface area contributed by atoms with Crippen molar-refractivity contribution in [3.63, 3.8) is 0 Å². The summed E-state index contributed by atoms with van der Waals surface area (Å²) in [5, 5.41) is 1.99. The lowest BCUT2D eigenvalue weighted by Gasteiger charge is -1.89. The number of fused-ring (bicyclic) bond motifs is 1. The third kappa shape index (κ3) is 1.33. The van der Waals surface area contributed by atoms with Crippen LogP contribution < -0.4 is 5.73 Å². The maximum atomic E-state index is 5.40. The van der Waals surface area contributed by atoms with Crippen LogP contribution in [0.5, 0.6) is 0 Å². The molecule has 0 aliphatic rings. The smallest absolute Gasteiger partial charge is 0.193 e. The molecular formula is C7H7N3S2. The van der Waals surface area contributed by atoms with Crippen LogP contribution in [0.15, 0.2) is 17.8 Å². The van der Waals surface area contributed by atoms with Gasteiger partial charge in [-0.2, -0.15) is 0 Å². The summed E-state index contributed by atoms with van der Waals surface area (Å²) in [6.07, 6.45) is 4.50. The Bertz CT molecular complexity index is 386. The molecule has 0 fully saturated rings. The van der Waals surface area contributed by atoms with E-state index in [4.69, 9.17) is 18.0 Å². The van der Waals surface area contributed by atoms with Gasteiger partial charge >= 0.3 is 0 Å². The molecule has 0 amide bonds. The second-order valence-corrected chi connectivity index (χ2v) is 3.87. The fourth-order valence-electron chi connectivity index (χ4n) is 1.04. The van der Waals surface area contributed by atoms with E-state index >= 15 is 0 Å². The van der Waals surface area contributed by atoms with Crippen molar-refractivity contribution in [2.45, 2.75) is 6.42 Å². The molecule has 0 aliphatic heterocycles. The maximum Gasteiger partial charge on any atom is 0.193 e. The van der Waals surface area contributed by atoms with E-state index in [1.165, 1.54) is 0 Å². The van der Waals surface area contributed by atoms with Crippen molar-refractivity contribution in [1.29, 1.82) is 0 Å². The first-order valence-electron chi connectivity index (χ1n) is 3.45. The van der Waals surface area contributed by atoms with Crippen LogP contribution in [0.4, 0.5) is 0 Å². The van der Waals surface area contributed by atoms with Crippen molar-refractivity contribution in [1.82, 2.24) is 9.38 Å². The van der Waals surface area contributed by atoms with Crippen LogP contribution in [0.3, 0.4) is 0 Å². The SMILES string of the molecule is NC(=S)Cc1cn2ccsc2n1. The summed E-state index contributed by atoms with van der Waals surface area (Å²) in [6, 6.07) is 0. The van der Waals surface area contributed by atoms with Crippen LogP contribution in [0.25, 0.3) is 4.96 Å². The van der Waals surface area contributed by atoms with Gasteiger partial charge in [0.2, 0.25) is 0 Å². The minimum Gasteiger partial charge on any atom is -0.393 e. The van der Waals surface area contributed by atoms with E-state index in [1.54, 1.807) is 11.3 Å². The number of thiocarbonyl (C=S) groups is 1. The van der Waals surface area contributed by atoms with Gasteiger partial charge in [0.1, 0.15) is 0 Å². The molecule has 5 heteroatoms. The zero-order chi connectivity index (χ0) is 8.55. The van der Waals surface area contributed by atoms with E-state index in [1.807, 2.05) is 22.2 Å². The van der Waals surface area contributed by atoms with Crippen LogP contribution in [-0.2, 0) is 6.42 Å². The summed E-state index contributed by atoms with van der Waals surface area (Å²) in [5.74, 6) is 0. The molecule has 2 rings (SSSR count). The lowest BCUT2D eigenvalue weighted by atomic mass is 10.3. The van der Waals surface area contributed by atoms with Gasteiger partial charge in [0.05, 0.1) is 10.7 Å². The van der Waals surface area contributed by atoms with E-state index in [0.717, 1.165) is 10.7 Å². The molecule has 0 aromatic carbocycles. The molecule has 2 aromatic heterocycles. The average molecular weight is 197 g/mol. The topological polar surface area (TPSA) is 43.3 Å². The van der Waals surface area contributed by atoms with Gasteiger partial charge in [-0.25, -0.2) is 4.98 Å². The highest BCUT2D eigenvalue weighted by molar-refractivity contribution is 7.80. The summed E-state index contributed by atoms with van der Waals surface area (Å²) in [6.45, 7) is 0. The second-order valence-electron chi connectivity index (χ2n) is 2.47. The molecule has 0 unspecified atom stereocenters. The van der Waals surface area contributed by atoms with Gasteiger partial charge in [0, 0.05) is 24.2 Å². The Morgan fingerprint density at radius 1 is 1.75 bits per heavy atom. The van der Waals surface area contributed by atoms with E-state index in [0.29, 0.717) is 11.4 Å². The zero-order valence-corrected chi connectivity index (χ0v) is 7.86. The standard InChI is InChI=1S/C7H7N3S2/c8-6(11)3-5-4-10-1-2-12-7(10)9-5/h1-2,4H,3H2,(H2,8,11). The Kier molecular flexibility index (Phi) is 1.82. The van der Waals surface area contributed by atoms with Gasteiger partial charge in [-0.3, -0.25) is 4.40 Å². The molecule has 2 N–H and O–H groups in total. The van der Waals surface area contributed by atoms with Gasteiger partial charge in [-0.05, 0) is 0 Å². The second kappa shape index (κ2) is 2.84. The molecule has 0 spiro atoms. The highest BCUT2D eigenvalue weighted by Crippen LogP contribution is 2.11. The Balaban J connectivity index is 2.38. The molecule has 2 aromatic rings. The molecule has 0 saturated carbocycles. The van der Waals surface area contributed by atoms with Crippen molar-refractivity contribution >= 4 is 33.5 Å². The number of aromatic nitrogens is 2. The first-order valence-corrected chi connectivity index (χ1v) is 4.74. The number of hydrogen-bond acceptors (Lipinski definition) is 3. The number of thiazole rings is 1. The van der Waals surface area contributed by atoms with Crippen LogP contribution in [-0.4, -0.2) is 14.4 Å². The van der Waals surface area contributed by atoms with Gasteiger partial charge in [0.15, 0.2) is 4.96 Å². The first-order chi connectivity index (χ1) is 5.75. The predicted molar refractivity (Wildman–Crippen MR) is 53.6 cm³/mol. The van der Waals surface area contributed by atoms with Gasteiger partial charge < -0.3 is 5.73 Å². The van der Waals surface area contributed by atoms with Crippen molar-refractivity contribution in [2.24, 2.45) is 5.73 Å². The van der Waals surface area contributed by atoms with Gasteiger partial charge in [-0.15, -0.1) is 11.3 Å². The third-order valence-electron chi connectivity index (χ3n) is 1.50. The van der Waals surface area contributed by atoms with E-state index in [-0.39, 0.29) is 0 Å². The first kappa shape index (κ1) is 7.70. The molecule has 0 aliphatic carbocycles. The molecular weight excluding hydrogens is 190 g/mol. The van der Waals surface area contributed by atoms with Crippen molar-refractivity contribution < 1.29 is 0 Å². The minimum absolute atomic E-state index is 0.487. The average Bonchev–Trinajstić information content (AvgIpc) is 2.43. The Morgan fingerprint density at radius 2 is 2.58 bits per heavy atom. The fourth-order valence-corrected chi connectivity index (χ4v) is 1.91. The van der Waals surface area contributed by atoms with Crippen LogP contribution in [0.1, 0.15) is 5.69 Å². The third-order valence-corrected chi connectivity index (χ3v) is 2.41. The largest absolute Gasteiger partial charge is 0.393 e. The molecule has 2 heterocycles. The summed E-state index contributed by atoms with van der Waals surface area (Å²) in [5.41, 5.74) is 6.34. The summed E-state index contributed by atoms with van der Waals surface area (Å²) in [7, 11) is 0. The number of hydrogen-bond donors (Lipinski definition) is 1. The van der Waals surface area contributed by atoms with E-state index in [9.17, 15) is 0 Å². The quantitative estimate of drug-likeness (QED) is 0.736. The Hall–Kier alpha value is -0.940. The highest BCUT2D eigenvalue weighted by Gasteiger charge is 2.02. The molecule has 0 radical (unpaired) electrons. The molecule has 62 valence electrons. The van der Waals surface area contributed by atoms with Crippen LogP contribution in [0, 0.1) is 0 Å². The van der Waals surface area contributed by atoms with Crippen molar-refractivity contribution in [3.05, 3.63) is 23.5 Å². The Morgan fingerprint density at radius 3 is 3.25 bits per heavy atom. The van der Waals surface area contributed by atoms with Gasteiger partial charge in [0.25, 0.3) is 0 Å². The van der Waals surface area contributed by atoms with Gasteiger partial charge in [-0.1, -0.05) is 12.2 Å². The molecule has 0 saturated heterocycles. The lowest BCUT2D eigenvalue weighted by molar-refractivity contribution is 1.19. The monoisotopic (exact) mass is 197 g/mol. The maximum absolute atomic E-state index is 5.40. The minimum atomic E-state index is 0.487. The van der Waals surface area contributed by atoms with Crippen molar-refractivity contribution in [3.8, 4) is 0 Å². The molecule has 0 bridgehead atoms. The normalized spacial score (nSPS) is 10.7. The molecule has 3 nitrogen and oxygen atoms in total. The molecule has 0 atom stereocenters. The van der Waals surface area contributed by atoms with Crippen LogP contribution >= 0.6 is 23.6 Å². The lowest BCUT2D eigenvalue weighted by Crippen LogP contribution is -2.11. The zero-order valence-electron chi connectivity index (χ0n) is 6.23. The summed E-state index contributed by atoms with van der Waals surface area (Å²) in [4.78, 5) is 5.80.